The van der Waals surface area contributed by atoms with E-state index in [1.54, 1.807) is 6.07 Å². The van der Waals surface area contributed by atoms with Crippen LogP contribution in [0.4, 0.5) is 4.39 Å². The van der Waals surface area contributed by atoms with Crippen molar-refractivity contribution in [3.8, 4) is 0 Å². The largest absolute Gasteiger partial charge is 0.392 e. The lowest BCUT2D eigenvalue weighted by Gasteiger charge is -2.31. The van der Waals surface area contributed by atoms with Crippen LogP contribution < -0.4 is 0 Å². The van der Waals surface area contributed by atoms with E-state index in [1.807, 2.05) is 6.07 Å². The van der Waals surface area contributed by atoms with Gasteiger partial charge in [-0.3, -0.25) is 0 Å². The molecule has 1 aliphatic rings. The van der Waals surface area contributed by atoms with Gasteiger partial charge in [0.15, 0.2) is 0 Å². The standard InChI is InChI=1S/C15H21FO/c1-15(2)8-4-7-13(15)14(17)10-11-5-3-6-12(16)9-11/h3,5-6,9,13-14,17H,4,7-8,10H2,1-2H3. The number of hydrogen-bond donors (Lipinski definition) is 1. The van der Waals surface area contributed by atoms with Crippen molar-refractivity contribution in [1.82, 2.24) is 0 Å². The zero-order valence-electron chi connectivity index (χ0n) is 10.6. The van der Waals surface area contributed by atoms with Crippen molar-refractivity contribution in [2.45, 2.75) is 45.6 Å². The highest BCUT2D eigenvalue weighted by molar-refractivity contribution is 5.17. The van der Waals surface area contributed by atoms with Gasteiger partial charge >= 0.3 is 0 Å². The molecule has 0 aliphatic heterocycles. The number of halogens is 1. The molecule has 2 rings (SSSR count). The van der Waals surface area contributed by atoms with E-state index in [4.69, 9.17) is 0 Å². The number of aliphatic hydroxyl groups is 1. The molecule has 17 heavy (non-hydrogen) atoms. The van der Waals surface area contributed by atoms with Crippen LogP contribution in [0.1, 0.15) is 38.7 Å². The van der Waals surface area contributed by atoms with Gasteiger partial charge in [0.2, 0.25) is 0 Å². The third kappa shape index (κ3) is 2.86. The second kappa shape index (κ2) is 4.77. The summed E-state index contributed by atoms with van der Waals surface area (Å²) in [5.74, 6) is 0.117. The van der Waals surface area contributed by atoms with E-state index in [0.29, 0.717) is 12.3 Å². The zero-order chi connectivity index (χ0) is 12.5. The first-order valence-corrected chi connectivity index (χ1v) is 6.41. The third-order valence-electron chi connectivity index (χ3n) is 4.14. The summed E-state index contributed by atoms with van der Waals surface area (Å²) in [6.45, 7) is 4.44. The summed E-state index contributed by atoms with van der Waals surface area (Å²) in [4.78, 5) is 0. The minimum absolute atomic E-state index is 0.215. The van der Waals surface area contributed by atoms with Gasteiger partial charge in [0.1, 0.15) is 5.82 Å². The Balaban J connectivity index is 2.04. The molecular formula is C15H21FO. The van der Waals surface area contributed by atoms with Gasteiger partial charge in [0, 0.05) is 0 Å². The van der Waals surface area contributed by atoms with Crippen molar-refractivity contribution in [3.63, 3.8) is 0 Å². The second-order valence-corrected chi connectivity index (χ2v) is 5.89. The van der Waals surface area contributed by atoms with Gasteiger partial charge in [-0.1, -0.05) is 32.4 Å². The number of benzene rings is 1. The molecule has 1 fully saturated rings. The SMILES string of the molecule is CC1(C)CCCC1C(O)Cc1cccc(F)c1. The Labute approximate surface area is 103 Å². The summed E-state index contributed by atoms with van der Waals surface area (Å²) in [5, 5.41) is 10.3. The molecule has 0 heterocycles. The Hall–Kier alpha value is -0.890. The second-order valence-electron chi connectivity index (χ2n) is 5.89. The first kappa shape index (κ1) is 12.6. The quantitative estimate of drug-likeness (QED) is 0.850. The van der Waals surface area contributed by atoms with Crippen molar-refractivity contribution in [2.24, 2.45) is 11.3 Å². The molecule has 1 N–H and O–H groups in total. The van der Waals surface area contributed by atoms with Crippen LogP contribution in [0.3, 0.4) is 0 Å². The average Bonchev–Trinajstić information content (AvgIpc) is 2.58. The smallest absolute Gasteiger partial charge is 0.123 e. The lowest BCUT2D eigenvalue weighted by molar-refractivity contribution is 0.0542. The first-order chi connectivity index (χ1) is 7.99. The van der Waals surface area contributed by atoms with Crippen molar-refractivity contribution in [1.29, 1.82) is 0 Å². The van der Waals surface area contributed by atoms with Crippen molar-refractivity contribution in [3.05, 3.63) is 35.6 Å². The highest BCUT2D eigenvalue weighted by atomic mass is 19.1. The lowest BCUT2D eigenvalue weighted by Crippen LogP contribution is -2.31. The third-order valence-corrected chi connectivity index (χ3v) is 4.14. The molecule has 0 bridgehead atoms. The predicted octanol–water partition coefficient (Wildman–Crippen LogP) is 3.56. The maximum Gasteiger partial charge on any atom is 0.123 e. The molecule has 0 spiro atoms. The van der Waals surface area contributed by atoms with Gasteiger partial charge in [-0.25, -0.2) is 4.39 Å². The van der Waals surface area contributed by atoms with Crippen LogP contribution in [0.5, 0.6) is 0 Å². The van der Waals surface area contributed by atoms with Crippen molar-refractivity contribution in [2.75, 3.05) is 0 Å². The van der Waals surface area contributed by atoms with E-state index in [0.717, 1.165) is 12.0 Å². The van der Waals surface area contributed by atoms with Crippen molar-refractivity contribution >= 4 is 0 Å². The fourth-order valence-electron chi connectivity index (χ4n) is 3.11. The van der Waals surface area contributed by atoms with E-state index in [2.05, 4.69) is 13.8 Å². The van der Waals surface area contributed by atoms with Gasteiger partial charge in [-0.2, -0.15) is 0 Å². The molecule has 0 radical (unpaired) electrons. The summed E-state index contributed by atoms with van der Waals surface area (Å²) >= 11 is 0. The normalized spacial score (nSPS) is 24.8. The van der Waals surface area contributed by atoms with Crippen LogP contribution in [-0.2, 0) is 6.42 Å². The molecule has 1 aromatic rings. The summed E-state index contributed by atoms with van der Waals surface area (Å²) in [6.07, 6.45) is 3.67. The molecule has 1 aliphatic carbocycles. The van der Waals surface area contributed by atoms with E-state index >= 15 is 0 Å². The molecule has 2 atom stereocenters. The van der Waals surface area contributed by atoms with Gasteiger partial charge in [0.05, 0.1) is 6.10 Å². The molecule has 1 aromatic carbocycles. The van der Waals surface area contributed by atoms with Gasteiger partial charge in [-0.05, 0) is 48.3 Å². The maximum atomic E-state index is 13.1. The van der Waals surface area contributed by atoms with Crippen molar-refractivity contribution < 1.29 is 9.50 Å². The molecular weight excluding hydrogens is 215 g/mol. The van der Waals surface area contributed by atoms with Gasteiger partial charge in [-0.15, -0.1) is 0 Å². The van der Waals surface area contributed by atoms with Gasteiger partial charge in [0.25, 0.3) is 0 Å². The Morgan fingerprint density at radius 1 is 1.47 bits per heavy atom. The zero-order valence-corrected chi connectivity index (χ0v) is 10.6. The van der Waals surface area contributed by atoms with E-state index < -0.39 is 0 Å². The molecule has 1 nitrogen and oxygen atoms in total. The Morgan fingerprint density at radius 2 is 2.24 bits per heavy atom. The highest BCUT2D eigenvalue weighted by Crippen LogP contribution is 2.44. The Kier molecular flexibility index (Phi) is 3.53. The fraction of sp³-hybridized carbons (Fsp3) is 0.600. The summed E-state index contributed by atoms with van der Waals surface area (Å²) in [7, 11) is 0. The molecule has 0 aromatic heterocycles. The molecule has 0 amide bonds. The van der Waals surface area contributed by atoms with E-state index in [1.165, 1.54) is 25.0 Å². The molecule has 2 unspecified atom stereocenters. The topological polar surface area (TPSA) is 20.2 Å². The number of hydrogen-bond acceptors (Lipinski definition) is 1. The monoisotopic (exact) mass is 236 g/mol. The lowest BCUT2D eigenvalue weighted by atomic mass is 9.77. The Morgan fingerprint density at radius 3 is 2.82 bits per heavy atom. The summed E-state index contributed by atoms with van der Waals surface area (Å²) in [6, 6.07) is 6.55. The van der Waals surface area contributed by atoms with Crippen LogP contribution >= 0.6 is 0 Å². The maximum absolute atomic E-state index is 13.1. The minimum Gasteiger partial charge on any atom is -0.392 e. The van der Waals surface area contributed by atoms with E-state index in [-0.39, 0.29) is 17.3 Å². The van der Waals surface area contributed by atoms with Crippen LogP contribution in [0.15, 0.2) is 24.3 Å². The van der Waals surface area contributed by atoms with Gasteiger partial charge < -0.3 is 5.11 Å². The van der Waals surface area contributed by atoms with Crippen LogP contribution in [0.25, 0.3) is 0 Å². The van der Waals surface area contributed by atoms with Crippen LogP contribution in [-0.4, -0.2) is 11.2 Å². The molecule has 94 valence electrons. The van der Waals surface area contributed by atoms with Crippen LogP contribution in [0, 0.1) is 17.2 Å². The minimum atomic E-state index is -0.353. The van der Waals surface area contributed by atoms with Crippen LogP contribution in [0.2, 0.25) is 0 Å². The van der Waals surface area contributed by atoms with E-state index in [9.17, 15) is 9.50 Å². The molecule has 1 saturated carbocycles. The molecule has 0 saturated heterocycles. The summed E-state index contributed by atoms with van der Waals surface area (Å²) < 4.78 is 13.1. The summed E-state index contributed by atoms with van der Waals surface area (Å²) in [5.41, 5.74) is 1.10. The molecule has 2 heteroatoms. The predicted molar refractivity (Wildman–Crippen MR) is 67.2 cm³/mol. The average molecular weight is 236 g/mol. The number of rotatable bonds is 3. The highest BCUT2D eigenvalue weighted by Gasteiger charge is 2.38. The number of aliphatic hydroxyl groups excluding tert-OH is 1. The Bertz CT molecular complexity index is 386. The fourth-order valence-corrected chi connectivity index (χ4v) is 3.11. The first-order valence-electron chi connectivity index (χ1n) is 6.41.